The zero-order valence-electron chi connectivity index (χ0n) is 10.5. The van der Waals surface area contributed by atoms with Gasteiger partial charge in [0.05, 0.1) is 5.60 Å². The van der Waals surface area contributed by atoms with Crippen molar-refractivity contribution >= 4 is 5.91 Å². The third-order valence-corrected chi connectivity index (χ3v) is 3.40. The Balaban J connectivity index is 2.40. The number of allylic oxidation sites excluding steroid dienone is 2. The van der Waals surface area contributed by atoms with Crippen LogP contribution in [0.2, 0.25) is 0 Å². The molecule has 0 atom stereocenters. The highest BCUT2D eigenvalue weighted by Crippen LogP contribution is 2.28. The van der Waals surface area contributed by atoms with E-state index >= 15 is 0 Å². The van der Waals surface area contributed by atoms with Crippen LogP contribution in [0.5, 0.6) is 0 Å². The molecule has 1 amide bonds. The molecule has 1 aliphatic rings. The van der Waals surface area contributed by atoms with Crippen molar-refractivity contribution in [2.24, 2.45) is 5.92 Å². The van der Waals surface area contributed by atoms with Crippen LogP contribution >= 0.6 is 0 Å². The SMILES string of the molecule is C=CCC(CC=C)C(=O)NCC1(O)CCCC1. The predicted molar refractivity (Wildman–Crippen MR) is 69.5 cm³/mol. The number of carbonyl (C=O) groups excluding carboxylic acids is 1. The minimum absolute atomic E-state index is 0.00914. The lowest BCUT2D eigenvalue weighted by atomic mass is 9.98. The minimum atomic E-state index is -0.678. The van der Waals surface area contributed by atoms with Gasteiger partial charge in [-0.15, -0.1) is 13.2 Å². The second-order valence-electron chi connectivity index (χ2n) is 4.89. The summed E-state index contributed by atoms with van der Waals surface area (Å²) in [5.74, 6) is -0.111. The van der Waals surface area contributed by atoms with Crippen LogP contribution in [0, 0.1) is 5.92 Å². The average molecular weight is 237 g/mol. The first-order valence-electron chi connectivity index (χ1n) is 6.33. The van der Waals surface area contributed by atoms with Crippen molar-refractivity contribution in [2.45, 2.75) is 44.1 Å². The molecule has 0 aromatic rings. The topological polar surface area (TPSA) is 49.3 Å². The zero-order valence-corrected chi connectivity index (χ0v) is 10.5. The van der Waals surface area contributed by atoms with Crippen LogP contribution in [0.15, 0.2) is 25.3 Å². The lowest BCUT2D eigenvalue weighted by Crippen LogP contribution is -2.42. The molecule has 0 aromatic heterocycles. The average Bonchev–Trinajstić information content (AvgIpc) is 2.73. The van der Waals surface area contributed by atoms with Crippen LogP contribution in [0.25, 0.3) is 0 Å². The quantitative estimate of drug-likeness (QED) is 0.667. The van der Waals surface area contributed by atoms with Crippen molar-refractivity contribution in [1.82, 2.24) is 5.32 Å². The Hall–Kier alpha value is -1.09. The highest BCUT2D eigenvalue weighted by Gasteiger charge is 2.31. The Labute approximate surface area is 104 Å². The smallest absolute Gasteiger partial charge is 0.223 e. The second kappa shape index (κ2) is 6.60. The van der Waals surface area contributed by atoms with Gasteiger partial charge in [-0.2, -0.15) is 0 Å². The molecule has 0 spiro atoms. The molecule has 0 bridgehead atoms. The van der Waals surface area contributed by atoms with Crippen molar-refractivity contribution in [3.63, 3.8) is 0 Å². The Morgan fingerprint density at radius 2 is 1.82 bits per heavy atom. The first-order valence-corrected chi connectivity index (χ1v) is 6.33. The molecule has 3 heteroatoms. The zero-order chi connectivity index (χ0) is 12.7. The van der Waals surface area contributed by atoms with Crippen LogP contribution in [-0.2, 0) is 4.79 Å². The lowest BCUT2D eigenvalue weighted by molar-refractivity contribution is -0.126. The summed E-state index contributed by atoms with van der Waals surface area (Å²) in [5.41, 5.74) is -0.678. The fourth-order valence-corrected chi connectivity index (χ4v) is 2.32. The first-order chi connectivity index (χ1) is 8.11. The van der Waals surface area contributed by atoms with Crippen molar-refractivity contribution < 1.29 is 9.90 Å². The Kier molecular flexibility index (Phi) is 5.42. The van der Waals surface area contributed by atoms with E-state index in [4.69, 9.17) is 0 Å². The third-order valence-electron chi connectivity index (χ3n) is 3.40. The molecule has 0 aromatic carbocycles. The Morgan fingerprint density at radius 3 is 2.29 bits per heavy atom. The summed E-state index contributed by atoms with van der Waals surface area (Å²) < 4.78 is 0. The molecular weight excluding hydrogens is 214 g/mol. The van der Waals surface area contributed by atoms with E-state index in [1.807, 2.05) is 0 Å². The molecule has 0 aliphatic heterocycles. The molecule has 2 N–H and O–H groups in total. The van der Waals surface area contributed by atoms with Crippen molar-refractivity contribution in [2.75, 3.05) is 6.54 Å². The van der Waals surface area contributed by atoms with Gasteiger partial charge >= 0.3 is 0 Å². The summed E-state index contributed by atoms with van der Waals surface area (Å²) in [7, 11) is 0. The van der Waals surface area contributed by atoms with Gasteiger partial charge in [-0.05, 0) is 25.7 Å². The van der Waals surface area contributed by atoms with E-state index in [1.165, 1.54) is 0 Å². The highest BCUT2D eigenvalue weighted by atomic mass is 16.3. The van der Waals surface area contributed by atoms with E-state index in [2.05, 4.69) is 18.5 Å². The van der Waals surface area contributed by atoms with Gasteiger partial charge in [0.25, 0.3) is 0 Å². The molecule has 0 heterocycles. The molecule has 0 saturated heterocycles. The van der Waals surface area contributed by atoms with Crippen molar-refractivity contribution in [3.05, 3.63) is 25.3 Å². The van der Waals surface area contributed by atoms with Crippen LogP contribution in [0.1, 0.15) is 38.5 Å². The van der Waals surface area contributed by atoms with Crippen molar-refractivity contribution in [3.8, 4) is 0 Å². The van der Waals surface area contributed by atoms with Crippen LogP contribution in [0.3, 0.4) is 0 Å². The van der Waals surface area contributed by atoms with E-state index in [1.54, 1.807) is 12.2 Å². The minimum Gasteiger partial charge on any atom is -0.388 e. The van der Waals surface area contributed by atoms with Gasteiger partial charge in [0, 0.05) is 12.5 Å². The second-order valence-corrected chi connectivity index (χ2v) is 4.89. The molecule has 0 unspecified atom stereocenters. The number of carbonyl (C=O) groups is 1. The number of rotatable bonds is 7. The molecule has 1 fully saturated rings. The van der Waals surface area contributed by atoms with Gasteiger partial charge in [0.2, 0.25) is 5.91 Å². The summed E-state index contributed by atoms with van der Waals surface area (Å²) in [6.07, 6.45) is 8.48. The Morgan fingerprint density at radius 1 is 1.29 bits per heavy atom. The molecular formula is C14H23NO2. The summed E-state index contributed by atoms with van der Waals surface area (Å²) in [6, 6.07) is 0. The summed E-state index contributed by atoms with van der Waals surface area (Å²) in [5, 5.41) is 13.0. The van der Waals surface area contributed by atoms with Gasteiger partial charge in [-0.3, -0.25) is 4.79 Å². The van der Waals surface area contributed by atoms with Crippen molar-refractivity contribution in [1.29, 1.82) is 0 Å². The number of nitrogens with one attached hydrogen (secondary N) is 1. The van der Waals surface area contributed by atoms with Crippen LogP contribution < -0.4 is 5.32 Å². The maximum atomic E-state index is 11.9. The van der Waals surface area contributed by atoms with Gasteiger partial charge in [0.15, 0.2) is 0 Å². The molecule has 0 radical (unpaired) electrons. The largest absolute Gasteiger partial charge is 0.388 e. The summed E-state index contributed by atoms with van der Waals surface area (Å²) in [6.45, 7) is 7.68. The van der Waals surface area contributed by atoms with Crippen LogP contribution in [0.4, 0.5) is 0 Å². The number of hydrogen-bond donors (Lipinski definition) is 2. The highest BCUT2D eigenvalue weighted by molar-refractivity contribution is 5.79. The Bertz CT molecular complexity index is 270. The monoisotopic (exact) mass is 237 g/mol. The van der Waals surface area contributed by atoms with Gasteiger partial charge in [-0.25, -0.2) is 0 Å². The lowest BCUT2D eigenvalue weighted by Gasteiger charge is -2.23. The molecule has 1 aliphatic carbocycles. The third kappa shape index (κ3) is 4.35. The number of amides is 1. The predicted octanol–water partition coefficient (Wildman–Crippen LogP) is 2.18. The number of hydrogen-bond acceptors (Lipinski definition) is 2. The van der Waals surface area contributed by atoms with E-state index < -0.39 is 5.60 Å². The van der Waals surface area contributed by atoms with E-state index in [0.29, 0.717) is 19.4 Å². The fraction of sp³-hybridized carbons (Fsp3) is 0.643. The fourth-order valence-electron chi connectivity index (χ4n) is 2.32. The van der Waals surface area contributed by atoms with Gasteiger partial charge in [-0.1, -0.05) is 25.0 Å². The molecule has 1 rings (SSSR count). The normalized spacial score (nSPS) is 18.0. The van der Waals surface area contributed by atoms with Gasteiger partial charge in [0.1, 0.15) is 0 Å². The first kappa shape index (κ1) is 14.0. The summed E-state index contributed by atoms with van der Waals surface area (Å²) in [4.78, 5) is 11.9. The van der Waals surface area contributed by atoms with Crippen LogP contribution in [-0.4, -0.2) is 23.2 Å². The molecule has 17 heavy (non-hydrogen) atoms. The molecule has 1 saturated carbocycles. The van der Waals surface area contributed by atoms with E-state index in [9.17, 15) is 9.90 Å². The standard InChI is InChI=1S/C14H23NO2/c1-3-7-12(8-4-2)13(16)15-11-14(17)9-5-6-10-14/h3-4,12,17H,1-2,5-11H2,(H,15,16). The molecule has 96 valence electrons. The maximum absolute atomic E-state index is 11.9. The van der Waals surface area contributed by atoms with E-state index in [0.717, 1.165) is 25.7 Å². The van der Waals surface area contributed by atoms with Gasteiger partial charge < -0.3 is 10.4 Å². The number of aliphatic hydroxyl groups is 1. The molecule has 3 nitrogen and oxygen atoms in total. The van der Waals surface area contributed by atoms with E-state index in [-0.39, 0.29) is 11.8 Å². The maximum Gasteiger partial charge on any atom is 0.223 e. The summed E-state index contributed by atoms with van der Waals surface area (Å²) >= 11 is 0.